The third-order valence-corrected chi connectivity index (χ3v) is 4.08. The summed E-state index contributed by atoms with van der Waals surface area (Å²) in [5.74, 6) is -0.928. The maximum absolute atomic E-state index is 12.0. The lowest BCUT2D eigenvalue weighted by Crippen LogP contribution is -2.30. The molecule has 0 atom stereocenters. The van der Waals surface area contributed by atoms with Gasteiger partial charge in [0.25, 0.3) is 0 Å². The molecule has 0 unspecified atom stereocenters. The van der Waals surface area contributed by atoms with Gasteiger partial charge in [-0.05, 0) is 44.0 Å². The average Bonchev–Trinajstić information content (AvgIpc) is 2.43. The van der Waals surface area contributed by atoms with Crippen molar-refractivity contribution in [3.8, 4) is 0 Å². The van der Waals surface area contributed by atoms with Gasteiger partial charge in [0, 0.05) is 6.42 Å². The molecular formula is C14H16Cl2N2O3. The second-order valence-corrected chi connectivity index (χ2v) is 5.88. The van der Waals surface area contributed by atoms with E-state index in [1.54, 1.807) is 0 Å². The molecule has 3 N–H and O–H groups in total. The number of hydrogen-bond acceptors (Lipinski definition) is 3. The minimum absolute atomic E-state index is 0.0126. The minimum Gasteiger partial charge on any atom is -0.478 e. The predicted molar refractivity (Wildman–Crippen MR) is 82.3 cm³/mol. The fourth-order valence-corrected chi connectivity index (χ4v) is 2.94. The minimum atomic E-state index is -1.12. The van der Waals surface area contributed by atoms with E-state index in [0.717, 1.165) is 25.9 Å². The quantitative estimate of drug-likeness (QED) is 0.792. The first-order valence-corrected chi connectivity index (χ1v) is 7.46. The Kier molecular flexibility index (Phi) is 5.45. The number of carbonyl (C=O) groups is 2. The molecule has 7 heteroatoms. The number of carboxylic acid groups (broad SMARTS) is 1. The Morgan fingerprint density at radius 1 is 1.24 bits per heavy atom. The third-order valence-electron chi connectivity index (χ3n) is 3.49. The van der Waals surface area contributed by atoms with Crippen LogP contribution in [-0.4, -0.2) is 30.1 Å². The molecule has 1 heterocycles. The molecule has 1 saturated heterocycles. The van der Waals surface area contributed by atoms with Crippen LogP contribution in [0.3, 0.4) is 0 Å². The Balaban J connectivity index is 2.04. The van der Waals surface area contributed by atoms with Crippen LogP contribution in [0.1, 0.15) is 29.6 Å². The van der Waals surface area contributed by atoms with Crippen LogP contribution in [0.2, 0.25) is 10.0 Å². The summed E-state index contributed by atoms with van der Waals surface area (Å²) in [6, 6.07) is 2.55. The van der Waals surface area contributed by atoms with Crippen molar-refractivity contribution in [1.29, 1.82) is 0 Å². The van der Waals surface area contributed by atoms with Crippen LogP contribution >= 0.6 is 23.2 Å². The number of amides is 1. The van der Waals surface area contributed by atoms with Crippen LogP contribution in [-0.2, 0) is 4.79 Å². The molecule has 1 aromatic carbocycles. The summed E-state index contributed by atoms with van der Waals surface area (Å²) in [4.78, 5) is 22.9. The highest BCUT2D eigenvalue weighted by Crippen LogP contribution is 2.32. The standard InChI is InChI=1S/C14H16Cl2N2O3/c15-10-6-9(14(20)21)7-11(16)13(10)18-12(19)5-8-1-3-17-4-2-8/h6-8,17H,1-5H2,(H,18,19)(H,20,21). The molecule has 1 amide bonds. The summed E-state index contributed by atoms with van der Waals surface area (Å²) in [5.41, 5.74) is 0.253. The van der Waals surface area contributed by atoms with E-state index in [1.165, 1.54) is 12.1 Å². The number of nitrogens with one attached hydrogen (secondary N) is 2. The molecule has 1 aromatic rings. The maximum atomic E-state index is 12.0. The lowest BCUT2D eigenvalue weighted by Gasteiger charge is -2.22. The van der Waals surface area contributed by atoms with Crippen molar-refractivity contribution in [3.05, 3.63) is 27.7 Å². The SMILES string of the molecule is O=C(CC1CCNCC1)Nc1c(Cl)cc(C(=O)O)cc1Cl. The molecule has 2 rings (SSSR count). The van der Waals surface area contributed by atoms with E-state index in [0.29, 0.717) is 12.3 Å². The molecular weight excluding hydrogens is 315 g/mol. The summed E-state index contributed by atoms with van der Waals surface area (Å²) in [6.45, 7) is 1.85. The highest BCUT2D eigenvalue weighted by atomic mass is 35.5. The first-order valence-electron chi connectivity index (χ1n) is 6.70. The first-order chi connectivity index (χ1) is 9.97. The second kappa shape index (κ2) is 7.11. The van der Waals surface area contributed by atoms with E-state index in [-0.39, 0.29) is 27.2 Å². The second-order valence-electron chi connectivity index (χ2n) is 5.07. The van der Waals surface area contributed by atoms with Gasteiger partial charge in [-0.15, -0.1) is 0 Å². The number of carboxylic acids is 1. The Morgan fingerprint density at radius 3 is 2.33 bits per heavy atom. The van der Waals surface area contributed by atoms with E-state index in [4.69, 9.17) is 28.3 Å². The van der Waals surface area contributed by atoms with Crippen LogP contribution < -0.4 is 10.6 Å². The summed E-state index contributed by atoms with van der Waals surface area (Å²) >= 11 is 12.0. The van der Waals surface area contributed by atoms with Gasteiger partial charge in [-0.2, -0.15) is 0 Å². The van der Waals surface area contributed by atoms with Crippen molar-refractivity contribution in [2.75, 3.05) is 18.4 Å². The van der Waals surface area contributed by atoms with Gasteiger partial charge in [0.05, 0.1) is 21.3 Å². The number of halogens is 2. The summed E-state index contributed by atoms with van der Waals surface area (Å²) in [5, 5.41) is 15.1. The van der Waals surface area contributed by atoms with Gasteiger partial charge in [0.15, 0.2) is 0 Å². The summed E-state index contributed by atoms with van der Waals surface area (Å²) in [6.07, 6.45) is 2.34. The Labute approximate surface area is 132 Å². The number of benzene rings is 1. The summed E-state index contributed by atoms with van der Waals surface area (Å²) in [7, 11) is 0. The average molecular weight is 331 g/mol. The van der Waals surface area contributed by atoms with Gasteiger partial charge < -0.3 is 15.7 Å². The molecule has 0 bridgehead atoms. The molecule has 0 aromatic heterocycles. The molecule has 0 radical (unpaired) electrons. The van der Waals surface area contributed by atoms with Crippen molar-refractivity contribution < 1.29 is 14.7 Å². The number of piperidine rings is 1. The predicted octanol–water partition coefficient (Wildman–Crippen LogP) is 3.02. The van der Waals surface area contributed by atoms with Crippen LogP contribution in [0.25, 0.3) is 0 Å². The van der Waals surface area contributed by atoms with E-state index in [2.05, 4.69) is 10.6 Å². The van der Waals surface area contributed by atoms with Crippen LogP contribution in [0.5, 0.6) is 0 Å². The Hall–Kier alpha value is -1.30. The topological polar surface area (TPSA) is 78.4 Å². The van der Waals surface area contributed by atoms with Crippen LogP contribution in [0.15, 0.2) is 12.1 Å². The van der Waals surface area contributed by atoms with Gasteiger partial charge >= 0.3 is 5.97 Å². The van der Waals surface area contributed by atoms with Gasteiger partial charge in [-0.3, -0.25) is 4.79 Å². The zero-order chi connectivity index (χ0) is 15.4. The highest BCUT2D eigenvalue weighted by Gasteiger charge is 2.19. The molecule has 0 saturated carbocycles. The summed E-state index contributed by atoms with van der Waals surface area (Å²) < 4.78 is 0. The molecule has 0 spiro atoms. The van der Waals surface area contributed by atoms with Crippen molar-refractivity contribution in [2.45, 2.75) is 19.3 Å². The van der Waals surface area contributed by atoms with Crippen LogP contribution in [0, 0.1) is 5.92 Å². The van der Waals surface area contributed by atoms with Crippen LogP contribution in [0.4, 0.5) is 5.69 Å². The van der Waals surface area contributed by atoms with Gasteiger partial charge in [0.1, 0.15) is 0 Å². The number of hydrogen-bond donors (Lipinski definition) is 3. The van der Waals surface area contributed by atoms with Crippen molar-refractivity contribution in [1.82, 2.24) is 5.32 Å². The fourth-order valence-electron chi connectivity index (χ4n) is 2.35. The lowest BCUT2D eigenvalue weighted by atomic mass is 9.94. The molecule has 5 nitrogen and oxygen atoms in total. The number of carbonyl (C=O) groups excluding carboxylic acids is 1. The fraction of sp³-hybridized carbons (Fsp3) is 0.429. The first kappa shape index (κ1) is 16.1. The van der Waals surface area contributed by atoms with Gasteiger partial charge in [-0.25, -0.2) is 4.79 Å². The number of aromatic carboxylic acids is 1. The van der Waals surface area contributed by atoms with E-state index < -0.39 is 5.97 Å². The Bertz CT molecular complexity index is 534. The Morgan fingerprint density at radius 2 is 1.81 bits per heavy atom. The van der Waals surface area contributed by atoms with Crippen molar-refractivity contribution in [2.24, 2.45) is 5.92 Å². The number of anilines is 1. The molecule has 1 aliphatic heterocycles. The monoisotopic (exact) mass is 330 g/mol. The van der Waals surface area contributed by atoms with E-state index in [1.807, 2.05) is 0 Å². The lowest BCUT2D eigenvalue weighted by molar-refractivity contribution is -0.117. The normalized spacial score (nSPS) is 15.7. The third kappa shape index (κ3) is 4.33. The molecule has 114 valence electrons. The van der Waals surface area contributed by atoms with E-state index >= 15 is 0 Å². The molecule has 0 aliphatic carbocycles. The maximum Gasteiger partial charge on any atom is 0.335 e. The highest BCUT2D eigenvalue weighted by molar-refractivity contribution is 6.40. The number of rotatable bonds is 4. The van der Waals surface area contributed by atoms with Gasteiger partial charge in [-0.1, -0.05) is 23.2 Å². The van der Waals surface area contributed by atoms with Crippen molar-refractivity contribution >= 4 is 40.8 Å². The zero-order valence-corrected chi connectivity index (χ0v) is 12.8. The largest absolute Gasteiger partial charge is 0.478 e. The molecule has 1 aliphatic rings. The molecule has 21 heavy (non-hydrogen) atoms. The van der Waals surface area contributed by atoms with Gasteiger partial charge in [0.2, 0.25) is 5.91 Å². The molecule has 1 fully saturated rings. The zero-order valence-electron chi connectivity index (χ0n) is 11.3. The van der Waals surface area contributed by atoms with E-state index in [9.17, 15) is 9.59 Å². The van der Waals surface area contributed by atoms with Crippen molar-refractivity contribution in [3.63, 3.8) is 0 Å². The smallest absolute Gasteiger partial charge is 0.335 e.